The molecule has 9 heteroatoms. The van der Waals surface area contributed by atoms with Gasteiger partial charge in [0, 0.05) is 13.1 Å². The highest BCUT2D eigenvalue weighted by Crippen LogP contribution is 2.22. The van der Waals surface area contributed by atoms with Gasteiger partial charge in [0.15, 0.2) is 0 Å². The lowest BCUT2D eigenvalue weighted by molar-refractivity contribution is 0.216. The molecule has 1 aliphatic heterocycles. The molecule has 0 unspecified atom stereocenters. The monoisotopic (exact) mass is 301 g/mol. The van der Waals surface area contributed by atoms with Crippen LogP contribution in [0.5, 0.6) is 0 Å². The predicted octanol–water partition coefficient (Wildman–Crippen LogP) is -1.82. The molecule has 7 nitrogen and oxygen atoms in total. The van der Waals surface area contributed by atoms with Crippen molar-refractivity contribution in [1.82, 2.24) is 4.31 Å². The van der Waals surface area contributed by atoms with Crippen molar-refractivity contribution >= 4 is 19.9 Å². The molecule has 0 aromatic rings. The Hall–Kier alpha value is -0.220. The molecule has 0 aromatic carbocycles. The lowest BCUT2D eigenvalue weighted by Gasteiger charge is -2.28. The van der Waals surface area contributed by atoms with Gasteiger partial charge in [-0.2, -0.15) is 4.31 Å². The minimum absolute atomic E-state index is 0.0772. The zero-order valence-corrected chi connectivity index (χ0v) is 11.7. The van der Waals surface area contributed by atoms with E-state index >= 15 is 0 Å². The zero-order valence-electron chi connectivity index (χ0n) is 10.0. The first-order valence-electron chi connectivity index (χ1n) is 5.74. The molecule has 18 heavy (non-hydrogen) atoms. The Morgan fingerprint density at radius 2 is 1.50 bits per heavy atom. The molecule has 0 radical (unpaired) electrons. The van der Waals surface area contributed by atoms with Gasteiger partial charge in [-0.25, -0.2) is 16.8 Å². The van der Waals surface area contributed by atoms with Gasteiger partial charge in [0.25, 0.3) is 0 Å². The number of aliphatic hydroxyl groups is 2. The first-order valence-corrected chi connectivity index (χ1v) is 9.07. The van der Waals surface area contributed by atoms with Crippen LogP contribution in [0.1, 0.15) is 12.8 Å². The van der Waals surface area contributed by atoms with Crippen molar-refractivity contribution in [3.63, 3.8) is 0 Å². The summed E-state index contributed by atoms with van der Waals surface area (Å²) in [5.74, 6) is -0.244. The minimum Gasteiger partial charge on any atom is -0.395 e. The summed E-state index contributed by atoms with van der Waals surface area (Å²) < 4.78 is 47.9. The molecule has 108 valence electrons. The van der Waals surface area contributed by atoms with Crippen LogP contribution in [0.25, 0.3) is 0 Å². The Labute approximate surface area is 107 Å². The average molecular weight is 301 g/mol. The van der Waals surface area contributed by atoms with E-state index in [1.54, 1.807) is 0 Å². The van der Waals surface area contributed by atoms with E-state index in [1.807, 2.05) is 0 Å². The molecule has 1 aliphatic rings. The maximum atomic E-state index is 12.2. The fraction of sp³-hybridized carbons (Fsp3) is 1.00. The molecular formula is C9H19NO6S2. The van der Waals surface area contributed by atoms with Crippen LogP contribution in [-0.2, 0) is 19.9 Å². The van der Waals surface area contributed by atoms with Crippen LogP contribution in [-0.4, -0.2) is 74.4 Å². The largest absolute Gasteiger partial charge is 0.395 e. The van der Waals surface area contributed by atoms with Gasteiger partial charge in [-0.3, -0.25) is 0 Å². The standard InChI is InChI=1S/C9H19NO6S2/c11-5-3-10(4-6-12)18(15,16)9-1-7-17(13,14)8-2-9/h9,11-12H,1-8H2. The second kappa shape index (κ2) is 6.29. The van der Waals surface area contributed by atoms with Gasteiger partial charge in [-0.1, -0.05) is 0 Å². The topological polar surface area (TPSA) is 112 Å². The number of hydrogen-bond acceptors (Lipinski definition) is 6. The quantitative estimate of drug-likeness (QED) is 0.597. The third-order valence-electron chi connectivity index (χ3n) is 2.98. The Morgan fingerprint density at radius 3 is 1.89 bits per heavy atom. The van der Waals surface area contributed by atoms with E-state index in [2.05, 4.69) is 0 Å². The first-order chi connectivity index (χ1) is 8.33. The van der Waals surface area contributed by atoms with E-state index in [-0.39, 0.29) is 50.7 Å². The minimum atomic E-state index is -3.65. The maximum Gasteiger partial charge on any atom is 0.217 e. The van der Waals surface area contributed by atoms with E-state index in [1.165, 1.54) is 0 Å². The van der Waals surface area contributed by atoms with Gasteiger partial charge < -0.3 is 10.2 Å². The summed E-state index contributed by atoms with van der Waals surface area (Å²) in [7, 11) is -6.76. The molecule has 1 heterocycles. The fourth-order valence-corrected chi connectivity index (χ4v) is 5.68. The molecule has 0 aromatic heterocycles. The highest BCUT2D eigenvalue weighted by Gasteiger charge is 2.36. The molecule has 1 fully saturated rings. The van der Waals surface area contributed by atoms with Crippen LogP contribution < -0.4 is 0 Å². The van der Waals surface area contributed by atoms with Crippen molar-refractivity contribution in [2.24, 2.45) is 0 Å². The SMILES string of the molecule is O=S1(=O)CCC(S(=O)(=O)N(CCO)CCO)CC1. The lowest BCUT2D eigenvalue weighted by Crippen LogP contribution is -2.44. The number of sulfonamides is 1. The second-order valence-electron chi connectivity index (χ2n) is 4.24. The summed E-state index contributed by atoms with van der Waals surface area (Å²) in [6, 6.07) is 0. The number of rotatable bonds is 6. The van der Waals surface area contributed by atoms with Crippen LogP contribution in [0.2, 0.25) is 0 Å². The molecule has 0 atom stereocenters. The highest BCUT2D eigenvalue weighted by molar-refractivity contribution is 7.92. The van der Waals surface area contributed by atoms with Crippen molar-refractivity contribution in [2.45, 2.75) is 18.1 Å². The lowest BCUT2D eigenvalue weighted by atomic mass is 10.2. The fourth-order valence-electron chi connectivity index (χ4n) is 1.97. The van der Waals surface area contributed by atoms with E-state index < -0.39 is 25.1 Å². The summed E-state index contributed by atoms with van der Waals surface area (Å²) in [5, 5.41) is 16.9. The Balaban J connectivity index is 2.79. The van der Waals surface area contributed by atoms with Crippen molar-refractivity contribution in [3.8, 4) is 0 Å². The summed E-state index contributed by atoms with van der Waals surface area (Å²) in [6.07, 6.45) is 0.163. The van der Waals surface area contributed by atoms with Gasteiger partial charge in [-0.05, 0) is 12.8 Å². The van der Waals surface area contributed by atoms with Gasteiger partial charge >= 0.3 is 0 Å². The number of aliphatic hydroxyl groups excluding tert-OH is 2. The third-order valence-corrected chi connectivity index (χ3v) is 7.10. The molecular weight excluding hydrogens is 282 g/mol. The van der Waals surface area contributed by atoms with Crippen molar-refractivity contribution in [1.29, 1.82) is 0 Å². The first kappa shape index (κ1) is 15.8. The van der Waals surface area contributed by atoms with Crippen molar-refractivity contribution in [2.75, 3.05) is 37.8 Å². The van der Waals surface area contributed by atoms with Crippen molar-refractivity contribution < 1.29 is 27.0 Å². The van der Waals surface area contributed by atoms with E-state index in [0.717, 1.165) is 4.31 Å². The number of hydrogen-bond donors (Lipinski definition) is 2. The molecule has 0 saturated carbocycles. The molecule has 1 rings (SSSR count). The highest BCUT2D eigenvalue weighted by atomic mass is 32.2. The van der Waals surface area contributed by atoms with Crippen molar-refractivity contribution in [3.05, 3.63) is 0 Å². The molecule has 0 amide bonds. The summed E-state index contributed by atoms with van der Waals surface area (Å²) in [4.78, 5) is 0. The summed E-state index contributed by atoms with van der Waals surface area (Å²) >= 11 is 0. The van der Waals surface area contributed by atoms with Crippen LogP contribution in [0.15, 0.2) is 0 Å². The Kier molecular flexibility index (Phi) is 5.53. The van der Waals surface area contributed by atoms with Gasteiger partial charge in [0.2, 0.25) is 10.0 Å². The van der Waals surface area contributed by atoms with Crippen LogP contribution >= 0.6 is 0 Å². The molecule has 1 saturated heterocycles. The molecule has 0 aliphatic carbocycles. The molecule has 2 N–H and O–H groups in total. The zero-order chi connectivity index (χ0) is 13.8. The average Bonchev–Trinajstić information content (AvgIpc) is 2.28. The number of sulfone groups is 1. The van der Waals surface area contributed by atoms with Gasteiger partial charge in [-0.15, -0.1) is 0 Å². The van der Waals surface area contributed by atoms with E-state index in [0.29, 0.717) is 0 Å². The Morgan fingerprint density at radius 1 is 1.06 bits per heavy atom. The maximum absolute atomic E-state index is 12.2. The van der Waals surface area contributed by atoms with Gasteiger partial charge in [0.05, 0.1) is 30.0 Å². The second-order valence-corrected chi connectivity index (χ2v) is 8.76. The summed E-state index contributed by atoms with van der Waals surface area (Å²) in [5.41, 5.74) is 0. The predicted molar refractivity (Wildman–Crippen MR) is 66.3 cm³/mol. The van der Waals surface area contributed by atoms with Crippen LogP contribution in [0.4, 0.5) is 0 Å². The third kappa shape index (κ3) is 3.89. The molecule has 0 bridgehead atoms. The normalized spacial score (nSPS) is 21.3. The molecule has 0 spiro atoms. The van der Waals surface area contributed by atoms with E-state index in [4.69, 9.17) is 10.2 Å². The number of nitrogens with zero attached hydrogens (tertiary/aromatic N) is 1. The van der Waals surface area contributed by atoms with Crippen LogP contribution in [0.3, 0.4) is 0 Å². The smallest absolute Gasteiger partial charge is 0.217 e. The van der Waals surface area contributed by atoms with Gasteiger partial charge in [0.1, 0.15) is 9.84 Å². The van der Waals surface area contributed by atoms with E-state index in [9.17, 15) is 16.8 Å². The van der Waals surface area contributed by atoms with Crippen LogP contribution in [0, 0.1) is 0 Å². The summed E-state index contributed by atoms with van der Waals surface area (Å²) in [6.45, 7) is -0.813. The Bertz CT molecular complexity index is 437.